The smallest absolute Gasteiger partial charge is 0.253 e. The maximum absolute atomic E-state index is 12.3. The van der Waals surface area contributed by atoms with Gasteiger partial charge in [0, 0.05) is 30.1 Å². The van der Waals surface area contributed by atoms with E-state index in [1.54, 1.807) is 14.2 Å². The maximum atomic E-state index is 12.3. The highest BCUT2D eigenvalue weighted by Crippen LogP contribution is 2.43. The van der Waals surface area contributed by atoms with Crippen LogP contribution in [0.1, 0.15) is 5.56 Å². The van der Waals surface area contributed by atoms with Crippen molar-refractivity contribution in [3.8, 4) is 11.5 Å². The van der Waals surface area contributed by atoms with E-state index in [1.165, 1.54) is 0 Å². The number of hydrogen-bond donors (Lipinski definition) is 1. The molecule has 0 aromatic heterocycles. The third-order valence-corrected chi connectivity index (χ3v) is 4.46. The Morgan fingerprint density at radius 2 is 1.80 bits per heavy atom. The summed E-state index contributed by atoms with van der Waals surface area (Å²) in [6.07, 6.45) is 3.93. The number of nitrogens with one attached hydrogen (secondary N) is 1. The second-order valence-electron chi connectivity index (χ2n) is 5.80. The number of hydrogen-bond acceptors (Lipinski definition) is 4. The van der Waals surface area contributed by atoms with Gasteiger partial charge in [0.25, 0.3) is 5.91 Å². The number of benzene rings is 2. The van der Waals surface area contributed by atoms with E-state index in [-0.39, 0.29) is 5.91 Å². The predicted molar refractivity (Wildman–Crippen MR) is 97.2 cm³/mol. The number of anilines is 2. The first-order chi connectivity index (χ1) is 12.2. The average Bonchev–Trinajstić information content (AvgIpc) is 2.67. The van der Waals surface area contributed by atoms with Crippen LogP contribution in [-0.4, -0.2) is 26.7 Å². The van der Waals surface area contributed by atoms with Crippen LogP contribution < -0.4 is 19.7 Å². The van der Waals surface area contributed by atoms with E-state index >= 15 is 0 Å². The lowest BCUT2D eigenvalue weighted by atomic mass is 9.90. The number of fused-ring (bicyclic) bond motifs is 3. The molecule has 0 saturated carbocycles. The Morgan fingerprint density at radius 3 is 2.60 bits per heavy atom. The summed E-state index contributed by atoms with van der Waals surface area (Å²) in [4.78, 5) is 14.4. The van der Waals surface area contributed by atoms with Crippen LogP contribution in [0.4, 0.5) is 11.4 Å². The second kappa shape index (κ2) is 6.02. The number of carbonyl (C=O) groups is 1. The summed E-state index contributed by atoms with van der Waals surface area (Å²) in [5.41, 5.74) is 4.62. The lowest BCUT2D eigenvalue weighted by molar-refractivity contribution is -0.117. The first kappa shape index (κ1) is 15.3. The third-order valence-electron chi connectivity index (χ3n) is 4.46. The molecule has 2 heterocycles. The molecule has 126 valence electrons. The van der Waals surface area contributed by atoms with Crippen LogP contribution in [0.2, 0.25) is 0 Å². The highest BCUT2D eigenvalue weighted by atomic mass is 16.5. The summed E-state index contributed by atoms with van der Waals surface area (Å²) in [5.74, 6) is 1.25. The quantitative estimate of drug-likeness (QED) is 0.936. The molecule has 0 atom stereocenters. The third kappa shape index (κ3) is 2.45. The number of methoxy groups -OCH3 is 2. The largest absolute Gasteiger partial charge is 0.493 e. The van der Waals surface area contributed by atoms with Gasteiger partial charge in [0.05, 0.1) is 25.5 Å². The monoisotopic (exact) mass is 334 g/mol. The number of nitrogens with zero attached hydrogens (tertiary/aromatic N) is 1. The molecule has 0 radical (unpaired) electrons. The average molecular weight is 334 g/mol. The van der Waals surface area contributed by atoms with Crippen LogP contribution in [-0.2, 0) is 4.79 Å². The highest BCUT2D eigenvalue weighted by Gasteiger charge is 2.28. The zero-order valence-corrected chi connectivity index (χ0v) is 14.1. The minimum absolute atomic E-state index is 0.0579. The number of carbonyl (C=O) groups excluding carboxylic acids is 1. The fourth-order valence-corrected chi connectivity index (χ4v) is 3.25. The SMILES string of the molecule is COc1ccc(N2C=C3C(=O)NCC=C3c3ccccc32)cc1OC. The Kier molecular flexibility index (Phi) is 3.69. The predicted octanol–water partition coefficient (Wildman–Crippen LogP) is 3.25. The van der Waals surface area contributed by atoms with Crippen molar-refractivity contribution in [2.24, 2.45) is 0 Å². The summed E-state index contributed by atoms with van der Waals surface area (Å²) >= 11 is 0. The van der Waals surface area contributed by atoms with Crippen molar-refractivity contribution in [2.75, 3.05) is 25.7 Å². The summed E-state index contributed by atoms with van der Waals surface area (Å²) in [7, 11) is 3.22. The molecule has 0 spiro atoms. The lowest BCUT2D eigenvalue weighted by Gasteiger charge is -2.32. The van der Waals surface area contributed by atoms with Gasteiger partial charge in [0.15, 0.2) is 11.5 Å². The summed E-state index contributed by atoms with van der Waals surface area (Å²) in [5, 5.41) is 2.87. The van der Waals surface area contributed by atoms with E-state index in [2.05, 4.69) is 11.4 Å². The van der Waals surface area contributed by atoms with E-state index in [1.807, 2.05) is 53.6 Å². The summed E-state index contributed by atoms with van der Waals surface area (Å²) in [6.45, 7) is 0.552. The molecule has 0 bridgehead atoms. The molecule has 0 saturated heterocycles. The van der Waals surface area contributed by atoms with E-state index in [0.717, 1.165) is 22.5 Å². The normalized spacial score (nSPS) is 15.4. The van der Waals surface area contributed by atoms with Crippen molar-refractivity contribution in [3.63, 3.8) is 0 Å². The fraction of sp³-hybridized carbons (Fsp3) is 0.150. The van der Waals surface area contributed by atoms with Crippen LogP contribution in [0.15, 0.2) is 60.3 Å². The zero-order valence-electron chi connectivity index (χ0n) is 14.1. The van der Waals surface area contributed by atoms with Gasteiger partial charge in [-0.15, -0.1) is 0 Å². The van der Waals surface area contributed by atoms with Crippen LogP contribution >= 0.6 is 0 Å². The minimum atomic E-state index is -0.0579. The number of amides is 1. The molecule has 25 heavy (non-hydrogen) atoms. The van der Waals surface area contributed by atoms with Gasteiger partial charge in [-0.2, -0.15) is 0 Å². The summed E-state index contributed by atoms with van der Waals surface area (Å²) in [6, 6.07) is 13.8. The Hall–Kier alpha value is -3.21. The molecule has 0 aliphatic carbocycles. The molecular weight excluding hydrogens is 316 g/mol. The van der Waals surface area contributed by atoms with Crippen LogP contribution in [0.5, 0.6) is 11.5 Å². The maximum Gasteiger partial charge on any atom is 0.253 e. The van der Waals surface area contributed by atoms with Gasteiger partial charge >= 0.3 is 0 Å². The van der Waals surface area contributed by atoms with Crippen molar-refractivity contribution < 1.29 is 14.3 Å². The van der Waals surface area contributed by atoms with Crippen LogP contribution in [0, 0.1) is 0 Å². The van der Waals surface area contributed by atoms with Crippen molar-refractivity contribution in [1.29, 1.82) is 0 Å². The molecule has 2 aromatic rings. The molecule has 2 aliphatic heterocycles. The Labute approximate surface area is 146 Å². The molecule has 4 rings (SSSR count). The second-order valence-corrected chi connectivity index (χ2v) is 5.80. The Bertz CT molecular complexity index is 915. The van der Waals surface area contributed by atoms with Gasteiger partial charge < -0.3 is 19.7 Å². The lowest BCUT2D eigenvalue weighted by Crippen LogP contribution is -2.33. The molecule has 1 N–H and O–H groups in total. The summed E-state index contributed by atoms with van der Waals surface area (Å²) < 4.78 is 10.7. The minimum Gasteiger partial charge on any atom is -0.493 e. The molecule has 0 unspecified atom stereocenters. The van der Waals surface area contributed by atoms with E-state index in [4.69, 9.17) is 9.47 Å². The molecule has 5 nitrogen and oxygen atoms in total. The zero-order chi connectivity index (χ0) is 17.4. The van der Waals surface area contributed by atoms with E-state index in [0.29, 0.717) is 23.6 Å². The highest BCUT2D eigenvalue weighted by molar-refractivity contribution is 6.14. The van der Waals surface area contributed by atoms with Crippen LogP contribution in [0.25, 0.3) is 5.57 Å². The van der Waals surface area contributed by atoms with Gasteiger partial charge in [0.2, 0.25) is 0 Å². The molecule has 5 heteroatoms. The van der Waals surface area contributed by atoms with Gasteiger partial charge in [0.1, 0.15) is 0 Å². The topological polar surface area (TPSA) is 50.8 Å². The van der Waals surface area contributed by atoms with Gasteiger partial charge in [-0.25, -0.2) is 0 Å². The standard InChI is InChI=1S/C20H18N2O3/c1-24-18-8-7-13(11-19(18)25-2)22-12-16-14(9-10-21-20(16)23)15-5-3-4-6-17(15)22/h3-9,11-12H,10H2,1-2H3,(H,21,23). The molecule has 2 aromatic carbocycles. The molecule has 0 fully saturated rings. The van der Waals surface area contributed by atoms with Crippen molar-refractivity contribution in [3.05, 3.63) is 65.9 Å². The fourth-order valence-electron chi connectivity index (χ4n) is 3.25. The first-order valence-corrected chi connectivity index (χ1v) is 8.04. The van der Waals surface area contributed by atoms with Crippen molar-refractivity contribution in [1.82, 2.24) is 5.32 Å². The van der Waals surface area contributed by atoms with Crippen molar-refractivity contribution in [2.45, 2.75) is 0 Å². The van der Waals surface area contributed by atoms with E-state index in [9.17, 15) is 4.79 Å². The molecular formula is C20H18N2O3. The number of para-hydroxylation sites is 1. The van der Waals surface area contributed by atoms with Gasteiger partial charge in [-0.05, 0) is 23.8 Å². The Morgan fingerprint density at radius 1 is 1.00 bits per heavy atom. The number of rotatable bonds is 3. The first-order valence-electron chi connectivity index (χ1n) is 8.04. The van der Waals surface area contributed by atoms with Crippen LogP contribution in [0.3, 0.4) is 0 Å². The number of ether oxygens (including phenoxy) is 2. The molecule has 1 amide bonds. The van der Waals surface area contributed by atoms with Crippen molar-refractivity contribution >= 4 is 22.9 Å². The molecule has 2 aliphatic rings. The van der Waals surface area contributed by atoms with Gasteiger partial charge in [-0.3, -0.25) is 4.79 Å². The van der Waals surface area contributed by atoms with E-state index < -0.39 is 0 Å². The Balaban J connectivity index is 1.89. The van der Waals surface area contributed by atoms with Gasteiger partial charge in [-0.1, -0.05) is 24.3 Å².